The minimum absolute atomic E-state index is 0.137. The maximum atomic E-state index is 13.0. The lowest BCUT2D eigenvalue weighted by Gasteiger charge is -2.24. The summed E-state index contributed by atoms with van der Waals surface area (Å²) in [6.07, 6.45) is 13.9. The van der Waals surface area contributed by atoms with E-state index in [1.165, 1.54) is 37.3 Å². The van der Waals surface area contributed by atoms with Gasteiger partial charge in [-0.25, -0.2) is 4.39 Å². The van der Waals surface area contributed by atoms with E-state index in [0.717, 1.165) is 73.4 Å². The molecule has 35 heavy (non-hydrogen) atoms. The third-order valence-electron chi connectivity index (χ3n) is 6.85. The highest BCUT2D eigenvalue weighted by atomic mass is 32.1. The van der Waals surface area contributed by atoms with Crippen LogP contribution < -0.4 is 0 Å². The van der Waals surface area contributed by atoms with E-state index in [1.807, 2.05) is 42.2 Å². The number of aliphatic hydroxyl groups is 1. The Morgan fingerprint density at radius 2 is 1.91 bits per heavy atom. The van der Waals surface area contributed by atoms with Gasteiger partial charge in [0.25, 0.3) is 5.91 Å². The van der Waals surface area contributed by atoms with Crippen molar-refractivity contribution in [3.63, 3.8) is 0 Å². The van der Waals surface area contributed by atoms with E-state index in [1.54, 1.807) is 6.07 Å². The second-order valence-corrected chi connectivity index (χ2v) is 10.3. The molecule has 0 bridgehead atoms. The van der Waals surface area contributed by atoms with E-state index in [9.17, 15) is 9.18 Å². The summed E-state index contributed by atoms with van der Waals surface area (Å²) < 4.78 is 13.0. The summed E-state index contributed by atoms with van der Waals surface area (Å²) in [7, 11) is 0. The van der Waals surface area contributed by atoms with Crippen molar-refractivity contribution in [1.29, 1.82) is 0 Å². The molecule has 0 heterocycles. The number of rotatable bonds is 11. The second kappa shape index (κ2) is 14.4. The van der Waals surface area contributed by atoms with Gasteiger partial charge in [-0.05, 0) is 86.8 Å². The number of hydrogen-bond donors (Lipinski definition) is 2. The van der Waals surface area contributed by atoms with Gasteiger partial charge in [0.2, 0.25) is 0 Å². The minimum atomic E-state index is -0.303. The van der Waals surface area contributed by atoms with Crippen molar-refractivity contribution in [3.05, 3.63) is 82.3 Å². The normalized spacial score (nSPS) is 14.6. The average molecular weight is 498 g/mol. The second-order valence-electron chi connectivity index (χ2n) is 9.80. The first-order valence-corrected chi connectivity index (χ1v) is 13.7. The summed E-state index contributed by atoms with van der Waals surface area (Å²) in [5.74, 6) is 1.66. The van der Waals surface area contributed by atoms with E-state index in [2.05, 4.69) is 18.8 Å². The van der Waals surface area contributed by atoms with Gasteiger partial charge in [-0.2, -0.15) is 12.6 Å². The van der Waals surface area contributed by atoms with Gasteiger partial charge in [0.15, 0.2) is 0 Å². The van der Waals surface area contributed by atoms with Gasteiger partial charge in [0.05, 0.1) is 6.61 Å². The molecule has 190 valence electrons. The highest BCUT2D eigenvalue weighted by Gasteiger charge is 2.20. The van der Waals surface area contributed by atoms with Crippen LogP contribution in [0.1, 0.15) is 84.8 Å². The molecule has 2 saturated carbocycles. The largest absolute Gasteiger partial charge is 0.392 e. The van der Waals surface area contributed by atoms with Crippen LogP contribution >= 0.6 is 12.6 Å². The van der Waals surface area contributed by atoms with Crippen LogP contribution in [0.5, 0.6) is 0 Å². The zero-order valence-electron chi connectivity index (χ0n) is 21.0. The average Bonchev–Trinajstić information content (AvgIpc) is 3.67. The van der Waals surface area contributed by atoms with Crippen LogP contribution in [0.3, 0.4) is 0 Å². The van der Waals surface area contributed by atoms with E-state index in [-0.39, 0.29) is 18.3 Å². The molecule has 0 atom stereocenters. The molecule has 2 fully saturated rings. The highest BCUT2D eigenvalue weighted by Crippen LogP contribution is 2.33. The number of aliphatic hydroxyl groups excluding tert-OH is 1. The molecule has 5 heteroatoms. The predicted molar refractivity (Wildman–Crippen MR) is 145 cm³/mol. The molecule has 0 aliphatic heterocycles. The lowest BCUT2D eigenvalue weighted by molar-refractivity contribution is 0.0817. The van der Waals surface area contributed by atoms with Gasteiger partial charge >= 0.3 is 0 Å². The Morgan fingerprint density at radius 3 is 2.54 bits per heavy atom. The highest BCUT2D eigenvalue weighted by molar-refractivity contribution is 7.80. The van der Waals surface area contributed by atoms with Crippen LogP contribution in [0.15, 0.2) is 54.2 Å². The van der Waals surface area contributed by atoms with Gasteiger partial charge in [0, 0.05) is 23.9 Å². The molecule has 1 N–H and O–H groups in total. The molecule has 2 aromatic carbocycles. The predicted octanol–water partition coefficient (Wildman–Crippen LogP) is 7.27. The van der Waals surface area contributed by atoms with Gasteiger partial charge in [-0.15, -0.1) is 0 Å². The van der Waals surface area contributed by atoms with E-state index >= 15 is 0 Å². The molecule has 2 aliphatic carbocycles. The molecule has 1 amide bonds. The van der Waals surface area contributed by atoms with E-state index in [4.69, 9.17) is 5.11 Å². The van der Waals surface area contributed by atoms with Crippen LogP contribution in [-0.2, 0) is 13.0 Å². The Balaban J connectivity index is 0.000000211. The minimum Gasteiger partial charge on any atom is -0.392 e. The van der Waals surface area contributed by atoms with Crippen LogP contribution in [0.4, 0.5) is 4.39 Å². The standard InChI is InChI=1S/C18H25NOS.C12H15FO/c1-15-8-3-4-11-17(15)18(20)19(12-5-2-6-13-21)14-16-9-7-10-16;13-12-6-5-10(7-11(12)8-14)4-3-9-1-2-9/h3-4,8,11,14,21H,2,5-7,9-10,12-13H2,1H3;5-7,9,14H,1-4,8H2. The number of carbonyl (C=O) groups excluding carboxylic acids is 1. The van der Waals surface area contributed by atoms with Crippen LogP contribution in [0.25, 0.3) is 0 Å². The fraction of sp³-hybridized carbons (Fsp3) is 0.500. The summed E-state index contributed by atoms with van der Waals surface area (Å²) >= 11 is 4.24. The number of thiol groups is 1. The lowest BCUT2D eigenvalue weighted by atomic mass is 9.93. The molecule has 0 unspecified atom stereocenters. The molecule has 3 nitrogen and oxygen atoms in total. The van der Waals surface area contributed by atoms with Crippen molar-refractivity contribution >= 4 is 18.5 Å². The molecule has 2 aromatic rings. The summed E-state index contributed by atoms with van der Waals surface area (Å²) in [5, 5.41) is 8.89. The first kappa shape index (κ1) is 27.5. The Kier molecular flexibility index (Phi) is 11.3. The van der Waals surface area contributed by atoms with Crippen molar-refractivity contribution in [2.45, 2.75) is 77.7 Å². The monoisotopic (exact) mass is 497 g/mol. The maximum Gasteiger partial charge on any atom is 0.258 e. The Bertz CT molecular complexity index is 980. The topological polar surface area (TPSA) is 40.5 Å². The number of benzene rings is 2. The van der Waals surface area contributed by atoms with Crippen molar-refractivity contribution < 1.29 is 14.3 Å². The summed E-state index contributed by atoms with van der Waals surface area (Å²) in [4.78, 5) is 14.7. The zero-order valence-corrected chi connectivity index (χ0v) is 21.9. The number of aryl methyl sites for hydroxylation is 2. The Morgan fingerprint density at radius 1 is 1.14 bits per heavy atom. The fourth-order valence-electron chi connectivity index (χ4n) is 4.18. The van der Waals surface area contributed by atoms with Crippen LogP contribution in [0.2, 0.25) is 0 Å². The van der Waals surface area contributed by atoms with Crippen LogP contribution in [-0.4, -0.2) is 28.2 Å². The van der Waals surface area contributed by atoms with Crippen molar-refractivity contribution in [1.82, 2.24) is 4.90 Å². The third-order valence-corrected chi connectivity index (χ3v) is 7.16. The van der Waals surface area contributed by atoms with Crippen molar-refractivity contribution in [3.8, 4) is 0 Å². The number of halogens is 1. The Hall–Kier alpha value is -2.11. The molecule has 2 aliphatic rings. The molecular weight excluding hydrogens is 457 g/mol. The molecule has 0 saturated heterocycles. The molecule has 0 spiro atoms. The first-order valence-electron chi connectivity index (χ1n) is 13.1. The van der Waals surface area contributed by atoms with E-state index < -0.39 is 0 Å². The first-order chi connectivity index (χ1) is 17.0. The smallest absolute Gasteiger partial charge is 0.258 e. The fourth-order valence-corrected chi connectivity index (χ4v) is 4.40. The number of unbranched alkanes of at least 4 members (excludes halogenated alkanes) is 2. The van der Waals surface area contributed by atoms with E-state index in [0.29, 0.717) is 5.56 Å². The number of allylic oxidation sites excluding steroid dienone is 1. The maximum absolute atomic E-state index is 13.0. The molecule has 4 rings (SSSR count). The van der Waals surface area contributed by atoms with Crippen molar-refractivity contribution in [2.75, 3.05) is 12.3 Å². The summed E-state index contributed by atoms with van der Waals surface area (Å²) in [6, 6.07) is 12.9. The third kappa shape index (κ3) is 9.12. The SMILES string of the molecule is Cc1ccccc1C(=O)N(C=C1CCC1)CCCCCS.OCc1cc(CCC2CC2)ccc1F. The van der Waals surface area contributed by atoms with Crippen LogP contribution in [0, 0.1) is 18.7 Å². The number of hydrogen-bond acceptors (Lipinski definition) is 3. The summed E-state index contributed by atoms with van der Waals surface area (Å²) in [6.45, 7) is 2.61. The lowest BCUT2D eigenvalue weighted by Crippen LogP contribution is -2.28. The zero-order chi connectivity index (χ0) is 25.0. The van der Waals surface area contributed by atoms with Gasteiger partial charge in [-0.1, -0.05) is 55.2 Å². The number of nitrogens with zero attached hydrogens (tertiary/aromatic N) is 1. The number of carbonyl (C=O) groups is 1. The van der Waals surface area contributed by atoms with Crippen molar-refractivity contribution in [2.24, 2.45) is 5.92 Å². The van der Waals surface area contributed by atoms with Gasteiger partial charge in [-0.3, -0.25) is 4.79 Å². The summed E-state index contributed by atoms with van der Waals surface area (Å²) in [5.41, 5.74) is 4.84. The number of amides is 1. The van der Waals surface area contributed by atoms with Gasteiger partial charge in [0.1, 0.15) is 5.82 Å². The molecule has 0 radical (unpaired) electrons. The van der Waals surface area contributed by atoms with Gasteiger partial charge < -0.3 is 10.0 Å². The molecule has 0 aromatic heterocycles. The Labute approximate surface area is 215 Å². The molecular formula is C30H40FNO2S. The quantitative estimate of drug-likeness (QED) is 0.253.